The lowest BCUT2D eigenvalue weighted by Crippen LogP contribution is -2.51. The summed E-state index contributed by atoms with van der Waals surface area (Å²) in [5, 5.41) is 13.8. The summed E-state index contributed by atoms with van der Waals surface area (Å²) in [6.07, 6.45) is -2.21. The highest BCUT2D eigenvalue weighted by Crippen LogP contribution is 2.47. The first-order valence-corrected chi connectivity index (χ1v) is 21.3. The van der Waals surface area contributed by atoms with Crippen molar-refractivity contribution in [3.63, 3.8) is 0 Å². The third kappa shape index (κ3) is 17.1. The Labute approximate surface area is 373 Å². The van der Waals surface area contributed by atoms with E-state index in [1.165, 1.54) is 13.8 Å². The van der Waals surface area contributed by atoms with Crippen molar-refractivity contribution >= 4 is 53.8 Å². The number of rotatable bonds is 18. The molecule has 3 rings (SSSR count). The van der Waals surface area contributed by atoms with Crippen LogP contribution >= 0.6 is 0 Å². The van der Waals surface area contributed by atoms with Crippen molar-refractivity contribution in [3.8, 4) is 0 Å². The van der Waals surface area contributed by atoms with Crippen LogP contribution < -0.4 is 32.1 Å². The number of hydrogen-bond acceptors (Lipinski definition) is 15. The van der Waals surface area contributed by atoms with Gasteiger partial charge in [0.05, 0.1) is 33.7 Å². The Bertz CT molecular complexity index is 1970. The van der Waals surface area contributed by atoms with E-state index in [4.69, 9.17) is 14.2 Å². The first-order chi connectivity index (χ1) is 29.6. The fourth-order valence-electron chi connectivity index (χ4n) is 9.52. The predicted molar refractivity (Wildman–Crippen MR) is 230 cm³/mol. The van der Waals surface area contributed by atoms with Crippen LogP contribution in [0.3, 0.4) is 0 Å². The third-order valence-corrected chi connectivity index (χ3v) is 11.3. The topological polar surface area (TPSA) is 289 Å². The number of urea groups is 1. The van der Waals surface area contributed by atoms with Crippen molar-refractivity contribution in [2.24, 2.45) is 21.7 Å². The third-order valence-electron chi connectivity index (χ3n) is 11.3. The molecule has 1 aromatic rings. The molecule has 21 heteroatoms. The van der Waals surface area contributed by atoms with Crippen LogP contribution in [0, 0.1) is 28.6 Å². The number of carbonyl (C=O) groups is 8. The zero-order valence-corrected chi connectivity index (χ0v) is 39.0. The second-order valence-corrected chi connectivity index (χ2v) is 19.5. The zero-order chi connectivity index (χ0) is 48.2. The maximum absolute atomic E-state index is 13.0. The molecule has 21 nitrogen and oxygen atoms in total. The summed E-state index contributed by atoms with van der Waals surface area (Å²) in [7, 11) is 2.27. The van der Waals surface area contributed by atoms with Gasteiger partial charge in [-0.2, -0.15) is 4.98 Å². The first-order valence-electron chi connectivity index (χ1n) is 21.3. The molecule has 5 amide bonds. The van der Waals surface area contributed by atoms with Gasteiger partial charge in [0.25, 0.3) is 5.56 Å². The molecule has 0 bridgehead atoms. The second kappa shape index (κ2) is 22.2. The number of aromatic nitrogens is 2. The molecular formula is C43H67N7O14. The van der Waals surface area contributed by atoms with E-state index in [1.807, 2.05) is 41.5 Å². The van der Waals surface area contributed by atoms with Gasteiger partial charge in [0.2, 0.25) is 18.2 Å². The van der Waals surface area contributed by atoms with E-state index in [0.717, 1.165) is 14.2 Å². The molecule has 6 atom stereocenters. The monoisotopic (exact) mass is 905 g/mol. The number of carbonyl (C=O) groups excluding carboxylic acids is 8. The Morgan fingerprint density at radius 1 is 0.703 bits per heavy atom. The Morgan fingerprint density at radius 2 is 1.16 bits per heavy atom. The van der Waals surface area contributed by atoms with Crippen LogP contribution in [0.4, 0.5) is 25.1 Å². The number of aryl methyl sites for hydroxylation is 1. The summed E-state index contributed by atoms with van der Waals surface area (Å²) in [6.45, 7) is 16.6. The van der Waals surface area contributed by atoms with Gasteiger partial charge in [0, 0.05) is 42.9 Å². The van der Waals surface area contributed by atoms with Crippen molar-refractivity contribution in [3.05, 3.63) is 21.6 Å². The van der Waals surface area contributed by atoms with E-state index in [0.29, 0.717) is 44.2 Å². The van der Waals surface area contributed by atoms with Crippen molar-refractivity contribution in [2.75, 3.05) is 39.2 Å². The molecule has 0 saturated heterocycles. The molecule has 2 fully saturated rings. The number of methoxy groups -OCH3 is 2. The molecule has 1 heterocycles. The highest BCUT2D eigenvalue weighted by atomic mass is 16.6. The predicted octanol–water partition coefficient (Wildman–Crippen LogP) is 4.13. The van der Waals surface area contributed by atoms with Gasteiger partial charge in [0.15, 0.2) is 0 Å². The SMILES string of the molecule is COC(=O)C(CC(C)=O)OC(=O)NC1CC(C)(C)CC(C)(CNC(=O)Nc2nc(=O)c(CCOC(=O)NCC3(C)CC(NC(=O)OC(CC(C)=O)C(=O)OC)CC(C)(C)C3)c(C)[nH]2)C1. The lowest BCUT2D eigenvalue weighted by molar-refractivity contribution is -0.152. The lowest BCUT2D eigenvalue weighted by atomic mass is 9.62. The van der Waals surface area contributed by atoms with Gasteiger partial charge in [0.1, 0.15) is 11.6 Å². The number of H-pyrrole nitrogens is 1. The van der Waals surface area contributed by atoms with Crippen molar-refractivity contribution in [1.29, 1.82) is 0 Å². The standard InChI is InChI=1S/C43H67N7O14/c1-24(51)14-30(33(54)60-10)63-38(58)47-27-16-40(4,5)20-42(8,18-27)22-44-36(56)50-35-46-26(3)29(32(53)49-35)12-13-62-37(57)45-23-43(9)19-28(17-41(6,7)21-43)48-39(59)64-31(15-25(2)52)34(55)61-11/h27-28,30-31H,12-23H2,1-11H3,(H,45,57)(H,47,58)(H,48,59)(H3,44,46,49,50,53,56). The molecule has 0 spiro atoms. The van der Waals surface area contributed by atoms with Gasteiger partial charge in [-0.1, -0.05) is 41.5 Å². The quantitative estimate of drug-likeness (QED) is 0.0892. The second-order valence-electron chi connectivity index (χ2n) is 19.5. The minimum atomic E-state index is -1.37. The van der Waals surface area contributed by atoms with Crippen LogP contribution in [0.2, 0.25) is 0 Å². The molecule has 64 heavy (non-hydrogen) atoms. The number of amides is 5. The van der Waals surface area contributed by atoms with Crippen molar-refractivity contribution in [1.82, 2.24) is 31.2 Å². The van der Waals surface area contributed by atoms with Crippen LogP contribution in [0.1, 0.15) is 118 Å². The molecule has 0 radical (unpaired) electrons. The molecule has 358 valence electrons. The van der Waals surface area contributed by atoms with Gasteiger partial charge in [-0.25, -0.2) is 28.8 Å². The molecule has 6 N–H and O–H groups in total. The summed E-state index contributed by atoms with van der Waals surface area (Å²) in [5.74, 6) is -2.46. The van der Waals surface area contributed by atoms with Crippen molar-refractivity contribution in [2.45, 2.75) is 144 Å². The minimum absolute atomic E-state index is 0.0413. The van der Waals surface area contributed by atoms with Crippen LogP contribution in [0.25, 0.3) is 0 Å². The lowest BCUT2D eigenvalue weighted by Gasteiger charge is -2.46. The smallest absolute Gasteiger partial charge is 0.408 e. The number of anilines is 1. The Balaban J connectivity index is 1.50. The van der Waals surface area contributed by atoms with Gasteiger partial charge in [-0.05, 0) is 81.0 Å². The van der Waals surface area contributed by atoms with E-state index in [1.54, 1.807) is 6.92 Å². The number of alkyl carbamates (subject to hydrolysis) is 3. The molecule has 2 aliphatic rings. The summed E-state index contributed by atoms with van der Waals surface area (Å²) < 4.78 is 25.2. The first kappa shape index (κ1) is 52.6. The zero-order valence-electron chi connectivity index (χ0n) is 39.0. The fraction of sp³-hybridized carbons (Fsp3) is 0.721. The number of aromatic amines is 1. The maximum atomic E-state index is 13.0. The molecule has 2 saturated carbocycles. The van der Waals surface area contributed by atoms with E-state index in [-0.39, 0.29) is 85.0 Å². The number of esters is 2. The summed E-state index contributed by atoms with van der Waals surface area (Å²) in [6, 6.07) is -1.35. The number of ketones is 2. The van der Waals surface area contributed by atoms with Crippen LogP contribution in [0.15, 0.2) is 4.79 Å². The average Bonchev–Trinajstić information content (AvgIpc) is 3.14. The normalized spacial score (nSPS) is 23.1. The van der Waals surface area contributed by atoms with Crippen LogP contribution in [-0.2, 0) is 49.3 Å². The van der Waals surface area contributed by atoms with E-state index >= 15 is 0 Å². The van der Waals surface area contributed by atoms with E-state index < -0.39 is 64.8 Å². The summed E-state index contributed by atoms with van der Waals surface area (Å²) in [4.78, 5) is 118. The van der Waals surface area contributed by atoms with Crippen molar-refractivity contribution < 1.29 is 62.0 Å². The maximum Gasteiger partial charge on any atom is 0.408 e. The molecule has 1 aromatic heterocycles. The number of nitrogens with one attached hydrogen (secondary N) is 6. The number of nitrogens with zero attached hydrogens (tertiary/aromatic N) is 1. The van der Waals surface area contributed by atoms with Gasteiger partial charge in [-0.15, -0.1) is 0 Å². The molecule has 0 aliphatic heterocycles. The van der Waals surface area contributed by atoms with Crippen LogP contribution in [0.5, 0.6) is 0 Å². The number of ether oxygens (including phenoxy) is 5. The Kier molecular flexibility index (Phi) is 18.3. The van der Waals surface area contributed by atoms with E-state index in [9.17, 15) is 43.2 Å². The largest absolute Gasteiger partial charge is 0.466 e. The molecule has 2 aliphatic carbocycles. The van der Waals surface area contributed by atoms with Crippen LogP contribution in [-0.4, -0.2) is 116 Å². The fourth-order valence-corrected chi connectivity index (χ4v) is 9.52. The molecule has 6 unspecified atom stereocenters. The Hall–Kier alpha value is -5.76. The summed E-state index contributed by atoms with van der Waals surface area (Å²) in [5.41, 5.74) is -1.40. The van der Waals surface area contributed by atoms with E-state index in [2.05, 4.69) is 46.0 Å². The Morgan fingerprint density at radius 3 is 1.58 bits per heavy atom. The van der Waals surface area contributed by atoms with Gasteiger partial charge < -0.3 is 49.9 Å². The molecule has 0 aromatic carbocycles. The highest BCUT2D eigenvalue weighted by Gasteiger charge is 2.44. The average molecular weight is 906 g/mol. The molecular weight excluding hydrogens is 839 g/mol. The summed E-state index contributed by atoms with van der Waals surface area (Å²) >= 11 is 0. The van der Waals surface area contributed by atoms with Gasteiger partial charge >= 0.3 is 36.2 Å². The highest BCUT2D eigenvalue weighted by molar-refractivity contribution is 5.88. The number of hydrogen-bond donors (Lipinski definition) is 6. The minimum Gasteiger partial charge on any atom is -0.466 e. The number of Topliss-reactive ketones (excluding diaryl/α,β-unsaturated/α-hetero) is 2. The van der Waals surface area contributed by atoms with Gasteiger partial charge in [-0.3, -0.25) is 19.7 Å².